The summed E-state index contributed by atoms with van der Waals surface area (Å²) in [6, 6.07) is 14.8. The van der Waals surface area contributed by atoms with Crippen LogP contribution >= 0.6 is 15.9 Å². The third-order valence-corrected chi connectivity index (χ3v) is 6.27. The van der Waals surface area contributed by atoms with Gasteiger partial charge in [-0.3, -0.25) is 9.78 Å². The highest BCUT2D eigenvalue weighted by Gasteiger charge is 2.35. The van der Waals surface area contributed by atoms with E-state index in [1.54, 1.807) is 35.2 Å². The van der Waals surface area contributed by atoms with Crippen LogP contribution < -0.4 is 5.73 Å². The Morgan fingerprint density at radius 3 is 2.77 bits per heavy atom. The number of carbonyl (C=O) groups is 1. The highest BCUT2D eigenvalue weighted by Crippen LogP contribution is 2.32. The number of aromatic nitrogens is 2. The van der Waals surface area contributed by atoms with Gasteiger partial charge in [-0.15, -0.1) is 0 Å². The summed E-state index contributed by atoms with van der Waals surface area (Å²) in [4.78, 5) is 24.0. The van der Waals surface area contributed by atoms with Gasteiger partial charge >= 0.3 is 0 Å². The van der Waals surface area contributed by atoms with Crippen molar-refractivity contribution in [2.45, 2.75) is 31.8 Å². The zero-order chi connectivity index (χ0) is 22.0. The van der Waals surface area contributed by atoms with Crippen molar-refractivity contribution in [2.24, 2.45) is 5.92 Å². The average molecular weight is 475 g/mol. The first kappa shape index (κ1) is 20.8. The molecule has 0 spiro atoms. The van der Waals surface area contributed by atoms with Gasteiger partial charge in [0.2, 0.25) is 0 Å². The highest BCUT2D eigenvalue weighted by molar-refractivity contribution is 9.10. The molecule has 0 aliphatic heterocycles. The Labute approximate surface area is 188 Å². The van der Waals surface area contributed by atoms with Gasteiger partial charge in [0.25, 0.3) is 5.91 Å². The number of benzene rings is 1. The van der Waals surface area contributed by atoms with Crippen LogP contribution in [0, 0.1) is 28.6 Å². The molecule has 1 amide bonds. The van der Waals surface area contributed by atoms with E-state index in [1.807, 2.05) is 12.1 Å². The molecule has 1 saturated carbocycles. The molecular weight excluding hydrogens is 456 g/mol. The predicted molar refractivity (Wildman–Crippen MR) is 119 cm³/mol. The van der Waals surface area contributed by atoms with Crippen molar-refractivity contribution < 1.29 is 4.79 Å². The largest absolute Gasteiger partial charge is 0.383 e. The molecule has 4 rings (SSSR count). The molecule has 3 aromatic rings. The molecule has 2 N–H and O–H groups in total. The van der Waals surface area contributed by atoms with Crippen molar-refractivity contribution in [1.82, 2.24) is 14.9 Å². The Morgan fingerprint density at radius 1 is 1.23 bits per heavy atom. The molecule has 0 bridgehead atoms. The van der Waals surface area contributed by atoms with E-state index in [4.69, 9.17) is 11.0 Å². The van der Waals surface area contributed by atoms with Crippen LogP contribution in [0.2, 0.25) is 0 Å². The van der Waals surface area contributed by atoms with E-state index in [-0.39, 0.29) is 24.4 Å². The Hall–Kier alpha value is -3.49. The summed E-state index contributed by atoms with van der Waals surface area (Å²) >= 11 is 3.38. The Balaban J connectivity index is 1.70. The lowest BCUT2D eigenvalue weighted by molar-refractivity contribution is 0.0636. The van der Waals surface area contributed by atoms with E-state index >= 15 is 0 Å². The summed E-state index contributed by atoms with van der Waals surface area (Å²) in [6.07, 6.45) is 3.95. The summed E-state index contributed by atoms with van der Waals surface area (Å²) in [5.74, 6) is 0.0227. The highest BCUT2D eigenvalue weighted by atomic mass is 79.9. The quantitative estimate of drug-likeness (QED) is 0.605. The zero-order valence-electron chi connectivity index (χ0n) is 16.6. The molecule has 2 atom stereocenters. The van der Waals surface area contributed by atoms with Crippen molar-refractivity contribution in [3.05, 3.63) is 63.9 Å². The van der Waals surface area contributed by atoms with Gasteiger partial charge in [-0.2, -0.15) is 10.5 Å². The fraction of sp³-hybridized carbons (Fsp3) is 0.261. The normalized spacial score (nSPS) is 17.8. The van der Waals surface area contributed by atoms with Gasteiger partial charge in [-0.1, -0.05) is 0 Å². The van der Waals surface area contributed by atoms with Crippen LogP contribution in [0.4, 0.5) is 5.82 Å². The van der Waals surface area contributed by atoms with Crippen molar-refractivity contribution >= 4 is 38.6 Å². The number of nitrogen functional groups attached to an aromatic ring is 1. The number of nitrogens with two attached hydrogens (primary N) is 1. The topological polar surface area (TPSA) is 120 Å². The minimum absolute atomic E-state index is 0.159. The molecule has 154 valence electrons. The molecule has 1 aromatic carbocycles. The number of hydrogen-bond donors (Lipinski definition) is 1. The lowest BCUT2D eigenvalue weighted by atomic mass is 10.0. The molecule has 1 aliphatic rings. The summed E-state index contributed by atoms with van der Waals surface area (Å²) < 4.78 is 0.670. The maximum atomic E-state index is 13.6. The summed E-state index contributed by atoms with van der Waals surface area (Å²) in [7, 11) is 0. The standard InChI is InChI=1S/C23H19BrN6O/c24-19-9-17-8-15(5-7-20(17)29-22(19)27)23(31)30(21-3-1-2-16(21)11-26)13-18-6-4-14(10-25)12-28-18/h4-9,12,16,21H,1-3,13H2,(H2,27,29). The van der Waals surface area contributed by atoms with Gasteiger partial charge in [-0.05, 0) is 71.6 Å². The molecule has 8 heteroatoms. The van der Waals surface area contributed by atoms with Crippen molar-refractivity contribution in [3.63, 3.8) is 0 Å². The molecule has 1 fully saturated rings. The monoisotopic (exact) mass is 474 g/mol. The second kappa shape index (κ2) is 8.71. The van der Waals surface area contributed by atoms with Crippen LogP contribution in [0.15, 0.2) is 47.1 Å². The number of rotatable bonds is 4. The van der Waals surface area contributed by atoms with Crippen molar-refractivity contribution in [2.75, 3.05) is 5.73 Å². The maximum Gasteiger partial charge on any atom is 0.254 e. The smallest absolute Gasteiger partial charge is 0.254 e. The van der Waals surface area contributed by atoms with E-state index in [9.17, 15) is 10.1 Å². The van der Waals surface area contributed by atoms with E-state index in [1.165, 1.54) is 6.20 Å². The number of nitriles is 2. The van der Waals surface area contributed by atoms with Gasteiger partial charge in [0.15, 0.2) is 0 Å². The molecule has 31 heavy (non-hydrogen) atoms. The molecule has 7 nitrogen and oxygen atoms in total. The third kappa shape index (κ3) is 4.21. The first-order valence-corrected chi connectivity index (χ1v) is 10.7. The summed E-state index contributed by atoms with van der Waals surface area (Å²) in [6.45, 7) is 0.273. The Kier molecular flexibility index (Phi) is 5.83. The molecular formula is C23H19BrN6O. The molecule has 2 unspecified atom stereocenters. The van der Waals surface area contributed by atoms with Gasteiger partial charge in [0.1, 0.15) is 11.9 Å². The maximum absolute atomic E-state index is 13.6. The Bertz CT molecular complexity index is 1230. The van der Waals surface area contributed by atoms with Crippen molar-refractivity contribution in [1.29, 1.82) is 10.5 Å². The number of carbonyl (C=O) groups excluding carboxylic acids is 1. The van der Waals surface area contributed by atoms with Gasteiger partial charge in [0.05, 0.1) is 39.8 Å². The minimum Gasteiger partial charge on any atom is -0.383 e. The molecule has 2 aromatic heterocycles. The first-order valence-electron chi connectivity index (χ1n) is 9.91. The SMILES string of the molecule is N#Cc1ccc(CN(C(=O)c2ccc3nc(N)c(Br)cc3c2)C2CCCC2C#N)nc1. The Morgan fingerprint density at radius 2 is 2.06 bits per heavy atom. The number of nitrogens with zero attached hydrogens (tertiary/aromatic N) is 5. The summed E-state index contributed by atoms with van der Waals surface area (Å²) in [5, 5.41) is 19.4. The fourth-order valence-electron chi connectivity index (χ4n) is 4.03. The van der Waals surface area contributed by atoms with Crippen LogP contribution in [0.1, 0.15) is 40.9 Å². The second-order valence-corrected chi connectivity index (χ2v) is 8.43. The third-order valence-electron chi connectivity index (χ3n) is 5.63. The minimum atomic E-state index is -0.210. The van der Waals surface area contributed by atoms with Gasteiger partial charge in [-0.25, -0.2) is 4.98 Å². The van der Waals surface area contributed by atoms with Crippen LogP contribution in [0.3, 0.4) is 0 Å². The van der Waals surface area contributed by atoms with Crippen LogP contribution in [-0.2, 0) is 6.54 Å². The zero-order valence-corrected chi connectivity index (χ0v) is 18.2. The molecule has 0 saturated heterocycles. The van der Waals surface area contributed by atoms with Crippen LogP contribution in [0.5, 0.6) is 0 Å². The lowest BCUT2D eigenvalue weighted by Gasteiger charge is -2.31. The van der Waals surface area contributed by atoms with E-state index in [2.05, 4.69) is 32.0 Å². The number of pyridine rings is 2. The second-order valence-electron chi connectivity index (χ2n) is 7.58. The van der Waals surface area contributed by atoms with Crippen LogP contribution in [0.25, 0.3) is 10.9 Å². The predicted octanol–water partition coefficient (Wildman–Crippen LogP) is 4.18. The lowest BCUT2D eigenvalue weighted by Crippen LogP contribution is -2.41. The number of halogens is 1. The molecule has 0 radical (unpaired) electrons. The van der Waals surface area contributed by atoms with Gasteiger partial charge < -0.3 is 10.6 Å². The van der Waals surface area contributed by atoms with Crippen molar-refractivity contribution in [3.8, 4) is 12.1 Å². The van der Waals surface area contributed by atoms with Gasteiger partial charge in [0, 0.05) is 23.2 Å². The number of fused-ring (bicyclic) bond motifs is 1. The molecule has 2 heterocycles. The first-order chi connectivity index (χ1) is 15.0. The number of anilines is 1. The summed E-state index contributed by atoms with van der Waals surface area (Å²) in [5.41, 5.74) is 8.22. The number of hydrogen-bond acceptors (Lipinski definition) is 6. The molecule has 1 aliphatic carbocycles. The number of amides is 1. The van der Waals surface area contributed by atoms with E-state index in [0.717, 1.165) is 24.6 Å². The average Bonchev–Trinajstić information content (AvgIpc) is 3.26. The van der Waals surface area contributed by atoms with E-state index in [0.29, 0.717) is 32.6 Å². The fourth-order valence-corrected chi connectivity index (χ4v) is 4.36. The van der Waals surface area contributed by atoms with E-state index < -0.39 is 0 Å². The van der Waals surface area contributed by atoms with Crippen LogP contribution in [-0.4, -0.2) is 26.8 Å².